The van der Waals surface area contributed by atoms with Crippen LogP contribution in [0.2, 0.25) is 0 Å². The summed E-state index contributed by atoms with van der Waals surface area (Å²) < 4.78 is 0. The summed E-state index contributed by atoms with van der Waals surface area (Å²) in [7, 11) is 0. The molecule has 1 heterocycles. The molecule has 1 aliphatic heterocycles. The molecule has 3 nitrogen and oxygen atoms in total. The monoisotopic (exact) mass is 238 g/mol. The van der Waals surface area contributed by atoms with E-state index in [4.69, 9.17) is 0 Å². The predicted octanol–water partition coefficient (Wildman–Crippen LogP) is 2.21. The lowest BCUT2D eigenvalue weighted by atomic mass is 9.84. The number of hydrogen-bond donors (Lipinski definition) is 2. The molecule has 3 atom stereocenters. The number of carbonyl (C=O) groups excluding carboxylic acids is 1. The number of carbonyl (C=O) groups is 1. The molecule has 2 fully saturated rings. The van der Waals surface area contributed by atoms with Crippen molar-refractivity contribution >= 4 is 5.91 Å². The molecule has 1 saturated carbocycles. The zero-order valence-corrected chi connectivity index (χ0v) is 11.2. The second kappa shape index (κ2) is 5.38. The van der Waals surface area contributed by atoms with Gasteiger partial charge in [-0.3, -0.25) is 4.79 Å². The lowest BCUT2D eigenvalue weighted by molar-refractivity contribution is -0.129. The Morgan fingerprint density at radius 3 is 2.65 bits per heavy atom. The Labute approximate surface area is 105 Å². The van der Waals surface area contributed by atoms with E-state index in [1.165, 1.54) is 25.7 Å². The summed E-state index contributed by atoms with van der Waals surface area (Å²) in [5.74, 6) is 0.857. The van der Waals surface area contributed by atoms with Gasteiger partial charge >= 0.3 is 0 Å². The summed E-state index contributed by atoms with van der Waals surface area (Å²) >= 11 is 0. The number of rotatable bonds is 2. The summed E-state index contributed by atoms with van der Waals surface area (Å²) in [4.78, 5) is 12.4. The van der Waals surface area contributed by atoms with Gasteiger partial charge in [-0.2, -0.15) is 0 Å². The van der Waals surface area contributed by atoms with Crippen LogP contribution in [0.1, 0.15) is 58.8 Å². The molecule has 0 spiro atoms. The highest BCUT2D eigenvalue weighted by Gasteiger charge is 2.36. The van der Waals surface area contributed by atoms with Gasteiger partial charge in [0.25, 0.3) is 0 Å². The van der Waals surface area contributed by atoms with Gasteiger partial charge in [-0.25, -0.2) is 0 Å². The van der Waals surface area contributed by atoms with E-state index in [-0.39, 0.29) is 11.4 Å². The topological polar surface area (TPSA) is 41.1 Å². The van der Waals surface area contributed by atoms with Gasteiger partial charge in [0.1, 0.15) is 0 Å². The summed E-state index contributed by atoms with van der Waals surface area (Å²) in [6.07, 6.45) is 8.33. The second-order valence-corrected chi connectivity index (χ2v) is 6.06. The maximum absolute atomic E-state index is 12.4. The lowest BCUT2D eigenvalue weighted by Crippen LogP contribution is -2.59. The van der Waals surface area contributed by atoms with Gasteiger partial charge in [0.2, 0.25) is 5.91 Å². The fourth-order valence-corrected chi connectivity index (χ4v) is 3.11. The van der Waals surface area contributed by atoms with E-state index in [0.717, 1.165) is 25.8 Å². The highest BCUT2D eigenvalue weighted by atomic mass is 16.2. The Morgan fingerprint density at radius 1 is 1.24 bits per heavy atom. The van der Waals surface area contributed by atoms with Crippen molar-refractivity contribution in [3.8, 4) is 0 Å². The maximum Gasteiger partial charge on any atom is 0.240 e. The van der Waals surface area contributed by atoms with Crippen LogP contribution in [0.15, 0.2) is 0 Å². The molecule has 1 amide bonds. The Hall–Kier alpha value is -0.570. The molecule has 0 aromatic rings. The minimum absolute atomic E-state index is 0.218. The minimum atomic E-state index is -0.324. The Balaban J connectivity index is 1.90. The third-order valence-corrected chi connectivity index (χ3v) is 4.55. The summed E-state index contributed by atoms with van der Waals surface area (Å²) in [5, 5.41) is 6.67. The number of nitrogens with one attached hydrogen (secondary N) is 2. The lowest BCUT2D eigenvalue weighted by Gasteiger charge is -2.37. The molecule has 3 unspecified atom stereocenters. The Morgan fingerprint density at radius 2 is 2.00 bits per heavy atom. The average Bonchev–Trinajstić information content (AvgIpc) is 2.33. The number of amides is 1. The Kier molecular flexibility index (Phi) is 4.08. The molecular formula is C14H26N2O. The molecule has 17 heavy (non-hydrogen) atoms. The fourth-order valence-electron chi connectivity index (χ4n) is 3.11. The van der Waals surface area contributed by atoms with Crippen molar-refractivity contribution in [2.45, 2.75) is 70.4 Å². The SMILES string of the molecule is CC1CCCCC1NC(=O)C1(C)CCCCN1. The summed E-state index contributed by atoms with van der Waals surface area (Å²) in [5.41, 5.74) is -0.324. The van der Waals surface area contributed by atoms with Crippen molar-refractivity contribution < 1.29 is 4.79 Å². The van der Waals surface area contributed by atoms with E-state index in [0.29, 0.717) is 12.0 Å². The van der Waals surface area contributed by atoms with E-state index in [1.54, 1.807) is 0 Å². The summed E-state index contributed by atoms with van der Waals surface area (Å²) in [6.45, 7) is 5.29. The third-order valence-electron chi connectivity index (χ3n) is 4.55. The zero-order valence-electron chi connectivity index (χ0n) is 11.2. The number of piperidine rings is 1. The summed E-state index contributed by atoms with van der Waals surface area (Å²) in [6, 6.07) is 0.400. The molecule has 2 rings (SSSR count). The van der Waals surface area contributed by atoms with Gasteiger partial charge < -0.3 is 10.6 Å². The van der Waals surface area contributed by atoms with Gasteiger partial charge in [-0.1, -0.05) is 19.8 Å². The quantitative estimate of drug-likeness (QED) is 0.774. The van der Waals surface area contributed by atoms with Crippen molar-refractivity contribution in [1.29, 1.82) is 0 Å². The fraction of sp³-hybridized carbons (Fsp3) is 0.929. The van der Waals surface area contributed by atoms with Gasteiger partial charge in [-0.15, -0.1) is 0 Å². The highest BCUT2D eigenvalue weighted by molar-refractivity contribution is 5.86. The maximum atomic E-state index is 12.4. The predicted molar refractivity (Wildman–Crippen MR) is 69.8 cm³/mol. The minimum Gasteiger partial charge on any atom is -0.352 e. The normalized spacial score (nSPS) is 38.7. The first kappa shape index (κ1) is 12.9. The van der Waals surface area contributed by atoms with Crippen LogP contribution in [0.3, 0.4) is 0 Å². The van der Waals surface area contributed by atoms with Crippen LogP contribution in [-0.4, -0.2) is 24.0 Å². The van der Waals surface area contributed by atoms with Gasteiger partial charge in [0.15, 0.2) is 0 Å². The van der Waals surface area contributed by atoms with Gasteiger partial charge in [0.05, 0.1) is 5.54 Å². The third kappa shape index (κ3) is 3.01. The molecule has 3 heteroatoms. The van der Waals surface area contributed by atoms with E-state index in [9.17, 15) is 4.79 Å². The van der Waals surface area contributed by atoms with Crippen LogP contribution >= 0.6 is 0 Å². The highest BCUT2D eigenvalue weighted by Crippen LogP contribution is 2.25. The van der Waals surface area contributed by atoms with E-state index in [1.807, 2.05) is 0 Å². The van der Waals surface area contributed by atoms with Crippen molar-refractivity contribution in [2.75, 3.05) is 6.54 Å². The molecule has 2 aliphatic rings. The van der Waals surface area contributed by atoms with E-state index >= 15 is 0 Å². The van der Waals surface area contributed by atoms with Crippen LogP contribution < -0.4 is 10.6 Å². The molecule has 98 valence electrons. The molecule has 0 radical (unpaired) electrons. The Bertz CT molecular complexity index is 271. The van der Waals surface area contributed by atoms with Crippen LogP contribution in [0.4, 0.5) is 0 Å². The molecule has 2 N–H and O–H groups in total. The van der Waals surface area contributed by atoms with Crippen molar-refractivity contribution in [2.24, 2.45) is 5.92 Å². The van der Waals surface area contributed by atoms with Crippen molar-refractivity contribution in [3.05, 3.63) is 0 Å². The molecular weight excluding hydrogens is 212 g/mol. The van der Waals surface area contributed by atoms with Crippen LogP contribution in [0.25, 0.3) is 0 Å². The van der Waals surface area contributed by atoms with E-state index in [2.05, 4.69) is 24.5 Å². The first-order valence-corrected chi connectivity index (χ1v) is 7.18. The zero-order chi connectivity index (χ0) is 12.3. The molecule has 1 aliphatic carbocycles. The largest absolute Gasteiger partial charge is 0.352 e. The first-order valence-electron chi connectivity index (χ1n) is 7.18. The van der Waals surface area contributed by atoms with E-state index < -0.39 is 0 Å². The molecule has 1 saturated heterocycles. The molecule has 0 aromatic carbocycles. The smallest absolute Gasteiger partial charge is 0.240 e. The average molecular weight is 238 g/mol. The van der Waals surface area contributed by atoms with Crippen LogP contribution in [0, 0.1) is 5.92 Å². The van der Waals surface area contributed by atoms with Crippen molar-refractivity contribution in [3.63, 3.8) is 0 Å². The molecule has 0 bridgehead atoms. The van der Waals surface area contributed by atoms with Crippen molar-refractivity contribution in [1.82, 2.24) is 10.6 Å². The van der Waals surface area contributed by atoms with Crippen LogP contribution in [-0.2, 0) is 4.79 Å². The first-order chi connectivity index (χ1) is 8.12. The standard InChI is InChI=1S/C14H26N2O/c1-11-7-3-4-8-12(11)16-13(17)14(2)9-5-6-10-15-14/h11-12,15H,3-10H2,1-2H3,(H,16,17). The molecule has 0 aromatic heterocycles. The second-order valence-electron chi connectivity index (χ2n) is 6.06. The van der Waals surface area contributed by atoms with Crippen LogP contribution in [0.5, 0.6) is 0 Å². The van der Waals surface area contributed by atoms with Gasteiger partial charge in [0, 0.05) is 6.04 Å². The number of hydrogen-bond acceptors (Lipinski definition) is 2. The van der Waals surface area contributed by atoms with Gasteiger partial charge in [-0.05, 0) is 51.5 Å².